The van der Waals surface area contributed by atoms with Crippen LogP contribution in [0.25, 0.3) is 0 Å². The van der Waals surface area contributed by atoms with Gasteiger partial charge in [-0.15, -0.1) is 0 Å². The van der Waals surface area contributed by atoms with Crippen molar-refractivity contribution in [3.05, 3.63) is 0 Å². The van der Waals surface area contributed by atoms with Crippen molar-refractivity contribution in [1.29, 1.82) is 0 Å². The molecule has 0 radical (unpaired) electrons. The van der Waals surface area contributed by atoms with E-state index in [9.17, 15) is 0 Å². The molecule has 0 bridgehead atoms. The van der Waals surface area contributed by atoms with Gasteiger partial charge in [-0.25, -0.2) is 0 Å². The van der Waals surface area contributed by atoms with Gasteiger partial charge in [-0.05, 0) is 12.3 Å². The molecule has 0 saturated heterocycles. The summed E-state index contributed by atoms with van der Waals surface area (Å²) in [4.78, 5) is 0. The largest absolute Gasteiger partial charge is 0.372 e. The molecule has 0 aromatic carbocycles. The van der Waals surface area contributed by atoms with Crippen LogP contribution in [-0.2, 0) is 0 Å². The second-order valence-corrected chi connectivity index (χ2v) is 16.9. The molecule has 0 aliphatic heterocycles. The highest BCUT2D eigenvalue weighted by Crippen LogP contribution is 2.16. The summed E-state index contributed by atoms with van der Waals surface area (Å²) in [6, 6.07) is 0. The lowest BCUT2D eigenvalue weighted by Gasteiger charge is -2.45. The Morgan fingerprint density at radius 2 is 1.31 bits per heavy atom. The molecule has 0 saturated carbocycles. The van der Waals surface area contributed by atoms with E-state index in [1.807, 2.05) is 0 Å². The second kappa shape index (κ2) is 4.85. The van der Waals surface area contributed by atoms with Crippen molar-refractivity contribution >= 4 is 26.2 Å². The topological polar surface area (TPSA) is 55.3 Å². The van der Waals surface area contributed by atoms with Crippen LogP contribution in [0.1, 0.15) is 0 Å². The van der Waals surface area contributed by atoms with E-state index in [1.165, 1.54) is 0 Å². The summed E-state index contributed by atoms with van der Waals surface area (Å²) in [5, 5.41) is 0. The summed E-state index contributed by atoms with van der Waals surface area (Å²) in [6.07, 6.45) is 1.73. The Morgan fingerprint density at radius 1 is 1.00 bits per heavy atom. The summed E-state index contributed by atoms with van der Waals surface area (Å²) in [7, 11) is -2.72. The molecule has 0 aromatic rings. The quantitative estimate of drug-likeness (QED) is 0.651. The van der Waals surface area contributed by atoms with E-state index in [-0.39, 0.29) is 9.68 Å². The fourth-order valence-electron chi connectivity index (χ4n) is 1.90. The number of nitrogens with two attached hydrogens (primary N) is 2. The molecule has 0 aliphatic carbocycles. The molecule has 0 atom stereocenters. The Balaban J connectivity index is 4.69. The van der Waals surface area contributed by atoms with Crippen molar-refractivity contribution in [2.75, 3.05) is 12.3 Å². The fraction of sp³-hybridized carbons (Fsp3) is 1.00. The van der Waals surface area contributed by atoms with Gasteiger partial charge in [0.15, 0.2) is 0 Å². The lowest BCUT2D eigenvalue weighted by Crippen LogP contribution is -2.68. The molecule has 0 aliphatic rings. The van der Waals surface area contributed by atoms with Gasteiger partial charge in [0.2, 0.25) is 0 Å². The van der Waals surface area contributed by atoms with Crippen molar-refractivity contribution in [2.24, 2.45) is 11.5 Å². The molecule has 0 unspecified atom stereocenters. The fourth-order valence-corrected chi connectivity index (χ4v) is 17.1. The Hall–Kier alpha value is 0.531. The average molecular weight is 236 g/mol. The molecule has 0 fully saturated rings. The zero-order chi connectivity index (χ0) is 10.7. The zero-order valence-electron chi connectivity index (χ0n) is 9.72. The van der Waals surface area contributed by atoms with E-state index in [2.05, 4.69) is 36.6 Å². The maximum atomic E-state index is 5.86. The molecule has 6 heteroatoms. The van der Waals surface area contributed by atoms with Crippen LogP contribution in [0.15, 0.2) is 0 Å². The standard InChI is InChI=1S/C7H25N3Si3/c1-11-10(12(2,3)6-8)13(4,5)7-9/h6-9,11H2,1-5H3. The third-order valence-electron chi connectivity index (χ3n) is 2.78. The van der Waals surface area contributed by atoms with E-state index in [4.69, 9.17) is 11.5 Å². The highest BCUT2D eigenvalue weighted by atomic mass is 28.5. The predicted molar refractivity (Wildman–Crippen MR) is 69.3 cm³/mol. The van der Waals surface area contributed by atoms with Gasteiger partial charge in [0.25, 0.3) is 0 Å². The predicted octanol–water partition coefficient (Wildman–Crippen LogP) is -0.174. The molecule has 0 amide bonds. The van der Waals surface area contributed by atoms with Gasteiger partial charge >= 0.3 is 0 Å². The molecule has 0 heterocycles. The molecule has 13 heavy (non-hydrogen) atoms. The molecule has 0 spiro atoms. The van der Waals surface area contributed by atoms with Gasteiger partial charge in [0, 0.05) is 0 Å². The summed E-state index contributed by atoms with van der Waals surface area (Å²) in [6.45, 7) is 11.8. The Morgan fingerprint density at radius 3 is 1.46 bits per heavy atom. The molecule has 0 aromatic heterocycles. The van der Waals surface area contributed by atoms with Crippen LogP contribution in [0.2, 0.25) is 32.7 Å². The molecule has 0 rings (SSSR count). The van der Waals surface area contributed by atoms with Crippen molar-refractivity contribution in [3.8, 4) is 0 Å². The highest BCUT2D eigenvalue weighted by Gasteiger charge is 2.37. The van der Waals surface area contributed by atoms with Crippen LogP contribution >= 0.6 is 0 Å². The van der Waals surface area contributed by atoms with E-state index < -0.39 is 16.5 Å². The van der Waals surface area contributed by atoms with Crippen LogP contribution < -0.4 is 11.5 Å². The minimum absolute atomic E-state index is 0.106. The van der Waals surface area contributed by atoms with E-state index in [1.54, 1.807) is 0 Å². The van der Waals surface area contributed by atoms with Crippen LogP contribution in [-0.4, -0.2) is 42.4 Å². The summed E-state index contributed by atoms with van der Waals surface area (Å²) in [5.41, 5.74) is 11.7. The number of nitrogens with zero attached hydrogens (tertiary/aromatic N) is 1. The lowest BCUT2D eigenvalue weighted by atomic mass is 11.5. The molecule has 4 N–H and O–H groups in total. The van der Waals surface area contributed by atoms with Crippen LogP contribution in [0.3, 0.4) is 0 Å². The van der Waals surface area contributed by atoms with Gasteiger partial charge in [0.05, 0.1) is 9.68 Å². The van der Waals surface area contributed by atoms with Crippen molar-refractivity contribution < 1.29 is 0 Å². The minimum Gasteiger partial charge on any atom is -0.372 e. The van der Waals surface area contributed by atoms with Gasteiger partial charge in [-0.1, -0.05) is 32.7 Å². The first-order valence-corrected chi connectivity index (χ1v) is 13.3. The maximum Gasteiger partial charge on any atom is 0.122 e. The van der Waals surface area contributed by atoms with Crippen LogP contribution in [0.5, 0.6) is 0 Å². The molecular formula is C7H25N3Si3. The van der Waals surface area contributed by atoms with E-state index in [0.717, 1.165) is 12.3 Å². The molecular weight excluding hydrogens is 210 g/mol. The Labute approximate surface area is 86.9 Å². The van der Waals surface area contributed by atoms with Gasteiger partial charge in [-0.2, -0.15) is 0 Å². The molecule has 3 nitrogen and oxygen atoms in total. The van der Waals surface area contributed by atoms with E-state index in [0.29, 0.717) is 0 Å². The summed E-state index contributed by atoms with van der Waals surface area (Å²) < 4.78 is 2.78. The molecule has 80 valence electrons. The van der Waals surface area contributed by atoms with Crippen molar-refractivity contribution in [3.63, 3.8) is 0 Å². The summed E-state index contributed by atoms with van der Waals surface area (Å²) in [5.74, 6) is 0. The first-order chi connectivity index (χ1) is 5.81. The number of hydrogen-bond acceptors (Lipinski definition) is 3. The van der Waals surface area contributed by atoms with Crippen LogP contribution in [0, 0.1) is 0 Å². The smallest absolute Gasteiger partial charge is 0.122 e. The average Bonchev–Trinajstić information content (AvgIpc) is 2.05. The van der Waals surface area contributed by atoms with Crippen molar-refractivity contribution in [1.82, 2.24) is 3.90 Å². The maximum absolute atomic E-state index is 5.86. The SMILES string of the molecule is C[SiH2]N([Si](C)(C)CN)[Si](C)(C)CN. The highest BCUT2D eigenvalue weighted by molar-refractivity contribution is 6.97. The normalized spacial score (nSPS) is 14.8. The summed E-state index contributed by atoms with van der Waals surface area (Å²) >= 11 is 0. The number of rotatable bonds is 5. The lowest BCUT2D eigenvalue weighted by molar-refractivity contribution is 0.903. The third kappa shape index (κ3) is 3.30. The zero-order valence-corrected chi connectivity index (χ0v) is 13.1. The third-order valence-corrected chi connectivity index (χ3v) is 19.0. The monoisotopic (exact) mass is 235 g/mol. The second-order valence-electron chi connectivity index (χ2n) is 4.78. The van der Waals surface area contributed by atoms with Crippen molar-refractivity contribution in [2.45, 2.75) is 32.7 Å². The van der Waals surface area contributed by atoms with Gasteiger partial charge < -0.3 is 15.4 Å². The Kier molecular flexibility index (Phi) is 5.05. The minimum atomic E-state index is -1.31. The van der Waals surface area contributed by atoms with Gasteiger partial charge in [-0.3, -0.25) is 0 Å². The first-order valence-electron chi connectivity index (χ1n) is 4.99. The Bertz CT molecular complexity index is 145. The number of hydrogen-bond donors (Lipinski definition) is 2. The van der Waals surface area contributed by atoms with E-state index >= 15 is 0 Å². The van der Waals surface area contributed by atoms with Crippen LogP contribution in [0.4, 0.5) is 0 Å². The van der Waals surface area contributed by atoms with Gasteiger partial charge in [0.1, 0.15) is 16.5 Å². The first kappa shape index (κ1) is 13.5.